The van der Waals surface area contributed by atoms with Crippen LogP contribution in [0.4, 0.5) is 0 Å². The third kappa shape index (κ3) is 2.72. The molecule has 0 bridgehead atoms. The number of alkyl halides is 1. The monoisotopic (exact) mass is 201 g/mol. The fraction of sp³-hybridized carbons (Fsp3) is 0.818. The van der Waals surface area contributed by atoms with E-state index in [1.54, 1.807) is 0 Å². The van der Waals surface area contributed by atoms with Crippen LogP contribution in [0.3, 0.4) is 0 Å². The Kier molecular flexibility index (Phi) is 4.27. The third-order valence-electron chi connectivity index (χ3n) is 3.35. The molecule has 0 saturated carbocycles. The molecule has 0 aromatic rings. The summed E-state index contributed by atoms with van der Waals surface area (Å²) in [4.78, 5) is 2.53. The Balaban J connectivity index is 2.40. The molecular weight excluding hydrogens is 182 g/mol. The second kappa shape index (κ2) is 5.02. The Bertz CT molecular complexity index is 179. The Hall–Kier alpha value is -0.0100. The van der Waals surface area contributed by atoms with E-state index in [4.69, 9.17) is 11.6 Å². The van der Waals surface area contributed by atoms with Crippen LogP contribution in [-0.2, 0) is 0 Å². The van der Waals surface area contributed by atoms with Crippen molar-refractivity contribution in [1.29, 1.82) is 0 Å². The molecule has 1 aliphatic rings. The smallest absolute Gasteiger partial charge is 0.0404 e. The van der Waals surface area contributed by atoms with E-state index >= 15 is 0 Å². The molecule has 13 heavy (non-hydrogen) atoms. The number of hydrogen-bond donors (Lipinski definition) is 0. The van der Waals surface area contributed by atoms with Crippen LogP contribution in [-0.4, -0.2) is 29.9 Å². The van der Waals surface area contributed by atoms with Gasteiger partial charge in [0.15, 0.2) is 0 Å². The van der Waals surface area contributed by atoms with E-state index < -0.39 is 0 Å². The van der Waals surface area contributed by atoms with Gasteiger partial charge in [0.2, 0.25) is 0 Å². The first-order chi connectivity index (χ1) is 6.16. The Morgan fingerprint density at radius 1 is 1.31 bits per heavy atom. The first kappa shape index (κ1) is 11.1. The highest BCUT2D eigenvalue weighted by molar-refractivity contribution is 6.18. The number of allylic oxidation sites excluding steroid dienone is 1. The highest BCUT2D eigenvalue weighted by Gasteiger charge is 2.32. The molecule has 1 fully saturated rings. The first-order valence-electron chi connectivity index (χ1n) is 5.11. The predicted octanol–water partition coefficient (Wildman–Crippen LogP) is 2.76. The summed E-state index contributed by atoms with van der Waals surface area (Å²) in [6, 6.07) is 0.718. The van der Waals surface area contributed by atoms with Crippen molar-refractivity contribution in [3.8, 4) is 0 Å². The molecule has 0 radical (unpaired) electrons. The van der Waals surface area contributed by atoms with Crippen molar-refractivity contribution in [2.24, 2.45) is 11.8 Å². The van der Waals surface area contributed by atoms with Gasteiger partial charge in [-0.15, -0.1) is 11.6 Å². The number of hydrogen-bond acceptors (Lipinski definition) is 1. The summed E-state index contributed by atoms with van der Waals surface area (Å²) in [6.07, 6.45) is 4.20. The van der Waals surface area contributed by atoms with Crippen LogP contribution < -0.4 is 0 Å². The largest absolute Gasteiger partial charge is 0.296 e. The topological polar surface area (TPSA) is 3.24 Å². The molecule has 0 N–H and O–H groups in total. The van der Waals surface area contributed by atoms with Gasteiger partial charge >= 0.3 is 0 Å². The lowest BCUT2D eigenvalue weighted by Crippen LogP contribution is -2.29. The van der Waals surface area contributed by atoms with Crippen molar-refractivity contribution in [2.45, 2.75) is 26.8 Å². The summed E-state index contributed by atoms with van der Waals surface area (Å²) < 4.78 is 0. The van der Waals surface area contributed by atoms with Gasteiger partial charge in [0.25, 0.3) is 0 Å². The van der Waals surface area contributed by atoms with Crippen molar-refractivity contribution in [2.75, 3.05) is 19.0 Å². The molecule has 0 aromatic carbocycles. The summed E-state index contributed by atoms with van der Waals surface area (Å²) in [5.74, 6) is 2.29. The minimum Gasteiger partial charge on any atom is -0.296 e. The van der Waals surface area contributed by atoms with Crippen LogP contribution in [0.1, 0.15) is 20.8 Å². The normalized spacial score (nSPS) is 36.2. The maximum absolute atomic E-state index is 5.58. The second-order valence-electron chi connectivity index (χ2n) is 4.16. The molecule has 1 saturated heterocycles. The van der Waals surface area contributed by atoms with E-state index in [1.165, 1.54) is 6.54 Å². The quantitative estimate of drug-likeness (QED) is 0.502. The minimum atomic E-state index is 0.632. The van der Waals surface area contributed by atoms with E-state index in [1.807, 2.05) is 6.08 Å². The average molecular weight is 202 g/mol. The molecule has 2 heteroatoms. The number of halogens is 1. The predicted molar refractivity (Wildman–Crippen MR) is 59.2 cm³/mol. The standard InChI is InChI=1S/C11H20ClN/c1-9-8-13(7-5-4-6-12)11(3)10(9)2/h4-5,9-11H,6-8H2,1-3H3/b5-4+. The first-order valence-corrected chi connectivity index (χ1v) is 5.65. The number of rotatable bonds is 3. The molecule has 1 nitrogen and oxygen atoms in total. The van der Waals surface area contributed by atoms with E-state index in [9.17, 15) is 0 Å². The molecule has 3 unspecified atom stereocenters. The van der Waals surface area contributed by atoms with Gasteiger partial charge in [-0.3, -0.25) is 4.90 Å². The Morgan fingerprint density at radius 3 is 2.46 bits per heavy atom. The minimum absolute atomic E-state index is 0.632. The van der Waals surface area contributed by atoms with Crippen LogP contribution >= 0.6 is 11.6 Å². The van der Waals surface area contributed by atoms with Crippen molar-refractivity contribution >= 4 is 11.6 Å². The lowest BCUT2D eigenvalue weighted by Gasteiger charge is -2.21. The molecule has 1 rings (SSSR count). The molecule has 1 heterocycles. The highest BCUT2D eigenvalue weighted by Crippen LogP contribution is 2.28. The van der Waals surface area contributed by atoms with Crippen LogP contribution in [0.2, 0.25) is 0 Å². The van der Waals surface area contributed by atoms with E-state index in [-0.39, 0.29) is 0 Å². The molecule has 3 atom stereocenters. The molecule has 76 valence electrons. The highest BCUT2D eigenvalue weighted by atomic mass is 35.5. The molecule has 0 amide bonds. The van der Waals surface area contributed by atoms with Crippen LogP contribution in [0.15, 0.2) is 12.2 Å². The van der Waals surface area contributed by atoms with Crippen LogP contribution in [0.25, 0.3) is 0 Å². The van der Waals surface area contributed by atoms with Crippen molar-refractivity contribution in [1.82, 2.24) is 4.90 Å². The molecule has 0 spiro atoms. The van der Waals surface area contributed by atoms with E-state index in [0.29, 0.717) is 5.88 Å². The molecule has 0 aliphatic carbocycles. The van der Waals surface area contributed by atoms with Gasteiger partial charge in [-0.2, -0.15) is 0 Å². The number of likely N-dealkylation sites (tertiary alicyclic amines) is 1. The molecule has 0 aromatic heterocycles. The van der Waals surface area contributed by atoms with Crippen molar-refractivity contribution in [3.05, 3.63) is 12.2 Å². The average Bonchev–Trinajstić information content (AvgIpc) is 2.34. The number of nitrogens with zero attached hydrogens (tertiary/aromatic N) is 1. The lowest BCUT2D eigenvalue weighted by atomic mass is 9.95. The fourth-order valence-electron chi connectivity index (χ4n) is 2.02. The Morgan fingerprint density at radius 2 is 2.00 bits per heavy atom. The summed E-state index contributed by atoms with van der Waals surface area (Å²) in [5.41, 5.74) is 0. The maximum atomic E-state index is 5.58. The summed E-state index contributed by atoms with van der Waals surface area (Å²) >= 11 is 5.58. The van der Waals surface area contributed by atoms with Gasteiger partial charge in [-0.25, -0.2) is 0 Å². The fourth-order valence-corrected chi connectivity index (χ4v) is 2.15. The second-order valence-corrected chi connectivity index (χ2v) is 4.47. The zero-order valence-corrected chi connectivity index (χ0v) is 9.59. The van der Waals surface area contributed by atoms with Gasteiger partial charge in [-0.05, 0) is 18.8 Å². The van der Waals surface area contributed by atoms with Crippen molar-refractivity contribution in [3.63, 3.8) is 0 Å². The van der Waals surface area contributed by atoms with Crippen LogP contribution in [0, 0.1) is 11.8 Å². The summed E-state index contributed by atoms with van der Waals surface area (Å²) in [7, 11) is 0. The zero-order valence-electron chi connectivity index (χ0n) is 8.83. The molecule has 1 aliphatic heterocycles. The lowest BCUT2D eigenvalue weighted by molar-refractivity contribution is 0.273. The van der Waals surface area contributed by atoms with Gasteiger partial charge in [0.1, 0.15) is 0 Å². The van der Waals surface area contributed by atoms with E-state index in [2.05, 4.69) is 31.7 Å². The van der Waals surface area contributed by atoms with Gasteiger partial charge in [0.05, 0.1) is 0 Å². The summed E-state index contributed by atoms with van der Waals surface area (Å²) in [5, 5.41) is 0. The van der Waals surface area contributed by atoms with E-state index in [0.717, 1.165) is 24.4 Å². The summed E-state index contributed by atoms with van der Waals surface area (Å²) in [6.45, 7) is 9.30. The van der Waals surface area contributed by atoms with Gasteiger partial charge in [-0.1, -0.05) is 26.0 Å². The molecular formula is C11H20ClN. The Labute approximate surface area is 86.8 Å². The van der Waals surface area contributed by atoms with Crippen LogP contribution in [0.5, 0.6) is 0 Å². The van der Waals surface area contributed by atoms with Crippen molar-refractivity contribution < 1.29 is 0 Å². The maximum Gasteiger partial charge on any atom is 0.0404 e. The zero-order chi connectivity index (χ0) is 9.84. The third-order valence-corrected chi connectivity index (χ3v) is 3.53. The van der Waals surface area contributed by atoms with Gasteiger partial charge < -0.3 is 0 Å². The van der Waals surface area contributed by atoms with Gasteiger partial charge in [0, 0.05) is 25.0 Å². The SMILES string of the molecule is CC1CN(C/C=C/CCl)C(C)C1C.